The molecule has 1 N–H and O–H groups in total. The molecule has 1 heterocycles. The largest absolute Gasteiger partial charge is 0.381 e. The van der Waals surface area contributed by atoms with Crippen molar-refractivity contribution in [1.82, 2.24) is 10.2 Å². The number of guanidine groups is 1. The van der Waals surface area contributed by atoms with Crippen LogP contribution in [-0.4, -0.2) is 44.7 Å². The number of aliphatic imine (C=N–C) groups is 1. The van der Waals surface area contributed by atoms with Crippen molar-refractivity contribution in [1.29, 1.82) is 0 Å². The van der Waals surface area contributed by atoms with E-state index in [2.05, 4.69) is 10.3 Å². The van der Waals surface area contributed by atoms with Gasteiger partial charge in [0, 0.05) is 45.8 Å². The first-order valence-corrected chi connectivity index (χ1v) is 9.52. The number of hydrogen-bond donors (Lipinski definition) is 1. The molecule has 0 saturated carbocycles. The number of halogens is 2. The Hall–Kier alpha value is -2.47. The average Bonchev–Trinajstić information content (AvgIpc) is 2.71. The van der Waals surface area contributed by atoms with Gasteiger partial charge in [-0.05, 0) is 48.2 Å². The molecule has 0 unspecified atom stereocenters. The van der Waals surface area contributed by atoms with Gasteiger partial charge in [-0.1, -0.05) is 24.3 Å². The summed E-state index contributed by atoms with van der Waals surface area (Å²) in [6.45, 7) is 2.67. The Kier molecular flexibility index (Phi) is 6.62. The molecule has 4 nitrogen and oxygen atoms in total. The van der Waals surface area contributed by atoms with Crippen molar-refractivity contribution in [2.75, 3.05) is 33.9 Å². The highest BCUT2D eigenvalue weighted by Gasteiger charge is 2.34. The molecule has 28 heavy (non-hydrogen) atoms. The molecule has 0 spiro atoms. The van der Waals surface area contributed by atoms with Crippen molar-refractivity contribution in [2.45, 2.75) is 24.8 Å². The number of nitrogens with one attached hydrogen (secondary N) is 1. The zero-order valence-electron chi connectivity index (χ0n) is 16.4. The Labute approximate surface area is 165 Å². The number of ether oxygens (including phenoxy) is 1. The molecule has 1 aliphatic rings. The van der Waals surface area contributed by atoms with E-state index in [1.807, 2.05) is 24.1 Å². The monoisotopic (exact) mass is 387 g/mol. The molecule has 1 aliphatic heterocycles. The van der Waals surface area contributed by atoms with Crippen LogP contribution in [0.15, 0.2) is 53.5 Å². The van der Waals surface area contributed by atoms with Crippen LogP contribution >= 0.6 is 0 Å². The molecule has 1 saturated heterocycles. The maximum Gasteiger partial charge on any atom is 0.193 e. The van der Waals surface area contributed by atoms with Crippen molar-refractivity contribution >= 4 is 5.96 Å². The third-order valence-corrected chi connectivity index (χ3v) is 5.40. The maximum atomic E-state index is 13.4. The second-order valence-corrected chi connectivity index (χ2v) is 7.28. The number of benzene rings is 2. The summed E-state index contributed by atoms with van der Waals surface area (Å²) in [7, 11) is 3.70. The molecule has 3 rings (SSSR count). The Morgan fingerprint density at radius 1 is 1.04 bits per heavy atom. The van der Waals surface area contributed by atoms with Crippen LogP contribution in [0.4, 0.5) is 8.78 Å². The standard InChI is InChI=1S/C22H27F2N3O/c1-25-21(27(2)15-17-3-7-19(23)8-4-17)26-16-22(11-13-28-14-12-22)18-5-9-20(24)10-6-18/h3-10H,11-16H2,1-2H3,(H,25,26). The molecule has 0 atom stereocenters. The summed E-state index contributed by atoms with van der Waals surface area (Å²) in [6, 6.07) is 13.2. The van der Waals surface area contributed by atoms with E-state index >= 15 is 0 Å². The molecule has 0 aliphatic carbocycles. The van der Waals surface area contributed by atoms with Gasteiger partial charge >= 0.3 is 0 Å². The zero-order valence-corrected chi connectivity index (χ0v) is 16.4. The highest BCUT2D eigenvalue weighted by Crippen LogP contribution is 2.34. The first kappa shape index (κ1) is 20.3. The van der Waals surface area contributed by atoms with Gasteiger partial charge in [0.05, 0.1) is 0 Å². The molecule has 2 aromatic carbocycles. The number of hydrogen-bond acceptors (Lipinski definition) is 2. The Morgan fingerprint density at radius 2 is 1.61 bits per heavy atom. The lowest BCUT2D eigenvalue weighted by Crippen LogP contribution is -2.48. The first-order valence-electron chi connectivity index (χ1n) is 9.52. The normalized spacial score (nSPS) is 16.6. The van der Waals surface area contributed by atoms with Crippen LogP contribution in [0, 0.1) is 11.6 Å². The fraction of sp³-hybridized carbons (Fsp3) is 0.409. The molecule has 2 aromatic rings. The lowest BCUT2D eigenvalue weighted by molar-refractivity contribution is 0.0512. The third kappa shape index (κ3) is 4.87. The summed E-state index contributed by atoms with van der Waals surface area (Å²) in [5.74, 6) is 0.292. The van der Waals surface area contributed by atoms with Crippen LogP contribution < -0.4 is 5.32 Å². The molecule has 0 radical (unpaired) electrons. The lowest BCUT2D eigenvalue weighted by atomic mass is 9.74. The van der Waals surface area contributed by atoms with Gasteiger partial charge in [0.15, 0.2) is 5.96 Å². The van der Waals surface area contributed by atoms with Crippen molar-refractivity contribution in [3.63, 3.8) is 0 Å². The number of nitrogens with zero attached hydrogens (tertiary/aromatic N) is 2. The first-order chi connectivity index (χ1) is 13.5. The van der Waals surface area contributed by atoms with E-state index in [0.29, 0.717) is 26.3 Å². The lowest BCUT2D eigenvalue weighted by Gasteiger charge is -2.39. The van der Waals surface area contributed by atoms with E-state index < -0.39 is 0 Å². The van der Waals surface area contributed by atoms with Gasteiger partial charge in [-0.25, -0.2) is 8.78 Å². The topological polar surface area (TPSA) is 36.9 Å². The minimum Gasteiger partial charge on any atom is -0.381 e. The second kappa shape index (κ2) is 9.15. The van der Waals surface area contributed by atoms with Gasteiger partial charge in [0.2, 0.25) is 0 Å². The van der Waals surface area contributed by atoms with E-state index in [9.17, 15) is 8.78 Å². The maximum absolute atomic E-state index is 13.4. The van der Waals surface area contributed by atoms with Crippen LogP contribution in [0.25, 0.3) is 0 Å². The third-order valence-electron chi connectivity index (χ3n) is 5.40. The van der Waals surface area contributed by atoms with Crippen molar-refractivity contribution in [3.8, 4) is 0 Å². The summed E-state index contributed by atoms with van der Waals surface area (Å²) in [5.41, 5.74) is 1.99. The summed E-state index contributed by atoms with van der Waals surface area (Å²) >= 11 is 0. The van der Waals surface area contributed by atoms with E-state index in [-0.39, 0.29) is 17.0 Å². The molecule has 150 valence electrons. The Bertz CT molecular complexity index is 784. The van der Waals surface area contributed by atoms with E-state index in [1.165, 1.54) is 24.3 Å². The predicted molar refractivity (Wildman–Crippen MR) is 107 cm³/mol. The van der Waals surface area contributed by atoms with Crippen molar-refractivity contribution in [2.24, 2.45) is 4.99 Å². The van der Waals surface area contributed by atoms with E-state index in [1.54, 1.807) is 19.2 Å². The summed E-state index contributed by atoms with van der Waals surface area (Å²) in [4.78, 5) is 6.40. The minimum absolute atomic E-state index is 0.126. The Morgan fingerprint density at radius 3 is 2.18 bits per heavy atom. The summed E-state index contributed by atoms with van der Waals surface area (Å²) in [6.07, 6.45) is 1.73. The van der Waals surface area contributed by atoms with Crippen molar-refractivity contribution in [3.05, 3.63) is 71.3 Å². The van der Waals surface area contributed by atoms with Crippen LogP contribution in [0.1, 0.15) is 24.0 Å². The average molecular weight is 387 g/mol. The van der Waals surface area contributed by atoms with Crippen LogP contribution in [0.5, 0.6) is 0 Å². The van der Waals surface area contributed by atoms with Gasteiger partial charge in [-0.2, -0.15) is 0 Å². The summed E-state index contributed by atoms with van der Waals surface area (Å²) < 4.78 is 32.1. The van der Waals surface area contributed by atoms with Crippen LogP contribution in [0.3, 0.4) is 0 Å². The van der Waals surface area contributed by atoms with E-state index in [0.717, 1.165) is 29.9 Å². The highest BCUT2D eigenvalue weighted by atomic mass is 19.1. The smallest absolute Gasteiger partial charge is 0.193 e. The minimum atomic E-state index is -0.241. The summed E-state index contributed by atoms with van der Waals surface area (Å²) in [5, 5.41) is 3.48. The number of rotatable bonds is 5. The van der Waals surface area contributed by atoms with Gasteiger partial charge in [-0.15, -0.1) is 0 Å². The fourth-order valence-electron chi connectivity index (χ4n) is 3.70. The zero-order chi connectivity index (χ0) is 20.0. The SMILES string of the molecule is CN=C(NCC1(c2ccc(F)cc2)CCOCC1)N(C)Cc1ccc(F)cc1. The predicted octanol–water partition coefficient (Wildman–Crippen LogP) is 3.72. The van der Waals surface area contributed by atoms with Gasteiger partial charge in [0.1, 0.15) is 11.6 Å². The highest BCUT2D eigenvalue weighted by molar-refractivity contribution is 5.79. The Balaban J connectivity index is 1.70. The second-order valence-electron chi connectivity index (χ2n) is 7.28. The van der Waals surface area contributed by atoms with E-state index in [4.69, 9.17) is 4.74 Å². The molecule has 0 bridgehead atoms. The molecular weight excluding hydrogens is 360 g/mol. The van der Waals surface area contributed by atoms with Gasteiger partial charge in [0.25, 0.3) is 0 Å². The van der Waals surface area contributed by atoms with Gasteiger partial charge < -0.3 is 15.0 Å². The molecule has 6 heteroatoms. The molecule has 0 amide bonds. The molecule has 0 aromatic heterocycles. The molecular formula is C22H27F2N3O. The fourth-order valence-corrected chi connectivity index (χ4v) is 3.70. The van der Waals surface area contributed by atoms with Crippen molar-refractivity contribution < 1.29 is 13.5 Å². The quantitative estimate of drug-likeness (QED) is 0.628. The molecule has 1 fully saturated rings. The van der Waals surface area contributed by atoms with Crippen LogP contribution in [0.2, 0.25) is 0 Å². The van der Waals surface area contributed by atoms with Crippen LogP contribution in [-0.2, 0) is 16.7 Å². The van der Waals surface area contributed by atoms with Gasteiger partial charge in [-0.3, -0.25) is 4.99 Å².